The quantitative estimate of drug-likeness (QED) is 0.217. The van der Waals surface area contributed by atoms with Gasteiger partial charge in [-0.3, -0.25) is 5.32 Å². The molecule has 0 aliphatic rings. The van der Waals surface area contributed by atoms with Crippen LogP contribution in [0.1, 0.15) is 34.8 Å². The summed E-state index contributed by atoms with van der Waals surface area (Å²) in [6.45, 7) is 3.54. The maximum Gasteiger partial charge on any atom is 0.412 e. The monoisotopic (exact) mass is 536 g/mol. The molecule has 2 N–H and O–H groups in total. The van der Waals surface area contributed by atoms with Crippen LogP contribution in [0, 0.1) is 6.92 Å². The van der Waals surface area contributed by atoms with Gasteiger partial charge in [0.2, 0.25) is 5.69 Å². The van der Waals surface area contributed by atoms with Gasteiger partial charge >= 0.3 is 12.1 Å². The van der Waals surface area contributed by atoms with Crippen LogP contribution in [0.4, 0.5) is 10.5 Å². The van der Waals surface area contributed by atoms with Gasteiger partial charge in [0.1, 0.15) is 23.2 Å². The number of benzene rings is 3. The third kappa shape index (κ3) is 5.81. The maximum atomic E-state index is 12.6. The van der Waals surface area contributed by atoms with Crippen LogP contribution in [-0.4, -0.2) is 32.3 Å². The topological polar surface area (TPSA) is 137 Å². The fourth-order valence-electron chi connectivity index (χ4n) is 3.99. The molecule has 1 atom stereocenters. The highest BCUT2D eigenvalue weighted by Gasteiger charge is 2.20. The first-order valence-electron chi connectivity index (χ1n) is 12.3. The predicted molar refractivity (Wildman–Crippen MR) is 146 cm³/mol. The van der Waals surface area contributed by atoms with Crippen molar-refractivity contribution in [1.29, 1.82) is 0 Å². The highest BCUT2D eigenvalue weighted by atomic mass is 16.6. The van der Waals surface area contributed by atoms with Crippen molar-refractivity contribution < 1.29 is 28.7 Å². The average molecular weight is 537 g/mol. The van der Waals surface area contributed by atoms with E-state index in [-0.39, 0.29) is 11.6 Å². The largest absolute Gasteiger partial charge is 0.476 e. The van der Waals surface area contributed by atoms with E-state index in [1.807, 2.05) is 66.7 Å². The standard InChI is InChI=1S/C30H24N4O6/c1-18-25(33-30(37)38-19(2)20-6-4-3-5-7-20)27(40-34-18)23-10-8-21(9-11-23)22-12-14-24(15-13-22)39-28-26(29(35)36)31-16-17-32-28/h3-17,19H,1-2H3,(H,33,37)(H,35,36)/t19-/m1/s1. The van der Waals surface area contributed by atoms with Crippen LogP contribution >= 0.6 is 0 Å². The van der Waals surface area contributed by atoms with Crippen LogP contribution in [0.5, 0.6) is 11.6 Å². The Hall–Kier alpha value is -5.51. The number of hydrogen-bond donors (Lipinski definition) is 2. The molecule has 2 heterocycles. The first-order chi connectivity index (χ1) is 19.4. The molecule has 0 saturated heterocycles. The second-order valence-corrected chi connectivity index (χ2v) is 8.77. The highest BCUT2D eigenvalue weighted by Crippen LogP contribution is 2.33. The van der Waals surface area contributed by atoms with E-state index in [1.165, 1.54) is 12.4 Å². The van der Waals surface area contributed by atoms with E-state index in [1.54, 1.807) is 26.0 Å². The van der Waals surface area contributed by atoms with Gasteiger partial charge in [-0.1, -0.05) is 71.9 Å². The van der Waals surface area contributed by atoms with Gasteiger partial charge < -0.3 is 19.1 Å². The number of nitrogens with zero attached hydrogens (tertiary/aromatic N) is 3. The smallest absolute Gasteiger partial charge is 0.412 e. The molecule has 3 aromatic carbocycles. The van der Waals surface area contributed by atoms with E-state index >= 15 is 0 Å². The van der Waals surface area contributed by atoms with E-state index in [9.17, 15) is 14.7 Å². The Bertz CT molecular complexity index is 1630. The Morgan fingerprint density at radius 1 is 0.875 bits per heavy atom. The molecular formula is C30H24N4O6. The molecule has 0 unspecified atom stereocenters. The van der Waals surface area contributed by atoms with E-state index in [0.717, 1.165) is 22.3 Å². The number of carbonyl (C=O) groups is 2. The molecule has 0 saturated carbocycles. The number of carbonyl (C=O) groups excluding carboxylic acids is 1. The molecule has 0 aliphatic carbocycles. The fraction of sp³-hybridized carbons (Fsp3) is 0.100. The van der Waals surface area contributed by atoms with Crippen molar-refractivity contribution in [3.8, 4) is 34.1 Å². The number of hydrogen-bond acceptors (Lipinski definition) is 8. The summed E-state index contributed by atoms with van der Waals surface area (Å²) in [5.41, 5.74) is 4.12. The van der Waals surface area contributed by atoms with E-state index in [2.05, 4.69) is 20.4 Å². The van der Waals surface area contributed by atoms with E-state index in [0.29, 0.717) is 22.9 Å². The third-order valence-corrected chi connectivity index (χ3v) is 6.06. The number of ether oxygens (including phenoxy) is 2. The molecule has 40 heavy (non-hydrogen) atoms. The molecule has 10 nitrogen and oxygen atoms in total. The van der Waals surface area contributed by atoms with Gasteiger partial charge in [0, 0.05) is 18.0 Å². The number of amides is 1. The SMILES string of the molecule is Cc1noc(-c2ccc(-c3ccc(Oc4nccnc4C(=O)O)cc3)cc2)c1NC(=O)O[C@H](C)c1ccccc1. The molecule has 0 spiro atoms. The average Bonchev–Trinajstić information content (AvgIpc) is 3.33. The minimum absolute atomic E-state index is 0.0859. The van der Waals surface area contributed by atoms with Crippen molar-refractivity contribution in [3.05, 3.63) is 108 Å². The lowest BCUT2D eigenvalue weighted by Gasteiger charge is -2.14. The van der Waals surface area contributed by atoms with Crippen molar-refractivity contribution in [2.45, 2.75) is 20.0 Å². The Balaban J connectivity index is 1.28. The Labute approximate surface area is 229 Å². The molecular weight excluding hydrogens is 512 g/mol. The summed E-state index contributed by atoms with van der Waals surface area (Å²) in [6.07, 6.45) is 1.61. The highest BCUT2D eigenvalue weighted by molar-refractivity contribution is 5.91. The summed E-state index contributed by atoms with van der Waals surface area (Å²) in [5, 5.41) is 16.0. The summed E-state index contributed by atoms with van der Waals surface area (Å²) in [7, 11) is 0. The number of aromatic carboxylic acids is 1. The van der Waals surface area contributed by atoms with Gasteiger partial charge in [0.05, 0.1) is 0 Å². The molecule has 5 rings (SSSR count). The molecule has 2 aromatic heterocycles. The van der Waals surface area contributed by atoms with Crippen molar-refractivity contribution in [1.82, 2.24) is 15.1 Å². The number of anilines is 1. The zero-order valence-corrected chi connectivity index (χ0v) is 21.6. The summed E-state index contributed by atoms with van der Waals surface area (Å²) in [4.78, 5) is 31.7. The third-order valence-electron chi connectivity index (χ3n) is 6.06. The van der Waals surface area contributed by atoms with Crippen molar-refractivity contribution >= 4 is 17.7 Å². The second-order valence-electron chi connectivity index (χ2n) is 8.77. The lowest BCUT2D eigenvalue weighted by molar-refractivity contribution is 0.0686. The molecule has 0 aliphatic heterocycles. The summed E-state index contributed by atoms with van der Waals surface area (Å²) in [5.74, 6) is -0.476. The molecule has 0 bridgehead atoms. The number of carboxylic acid groups (broad SMARTS) is 1. The summed E-state index contributed by atoms with van der Waals surface area (Å²) < 4.78 is 16.7. The molecule has 5 aromatic rings. The maximum absolute atomic E-state index is 12.6. The number of nitrogens with one attached hydrogen (secondary N) is 1. The first kappa shape index (κ1) is 26.1. The Kier molecular flexibility index (Phi) is 7.49. The van der Waals surface area contributed by atoms with Gasteiger partial charge in [-0.05, 0) is 42.7 Å². The van der Waals surface area contributed by atoms with Crippen molar-refractivity contribution in [2.24, 2.45) is 0 Å². The number of carboxylic acids is 1. The van der Waals surface area contributed by atoms with Crippen molar-refractivity contribution in [3.63, 3.8) is 0 Å². The molecule has 1 amide bonds. The van der Waals surface area contributed by atoms with Crippen LogP contribution in [0.25, 0.3) is 22.5 Å². The molecule has 0 radical (unpaired) electrons. The molecule has 0 fully saturated rings. The molecule has 10 heteroatoms. The van der Waals surface area contributed by atoms with Gasteiger partial charge in [0.15, 0.2) is 5.76 Å². The number of aromatic nitrogens is 3. The van der Waals surface area contributed by atoms with E-state index < -0.39 is 18.2 Å². The van der Waals surface area contributed by atoms with Crippen LogP contribution in [0.2, 0.25) is 0 Å². The zero-order chi connectivity index (χ0) is 28.1. The second kappa shape index (κ2) is 11.5. The minimum atomic E-state index is -1.22. The van der Waals surface area contributed by atoms with Gasteiger partial charge in [-0.15, -0.1) is 0 Å². The van der Waals surface area contributed by atoms with Gasteiger partial charge in [0.25, 0.3) is 5.88 Å². The van der Waals surface area contributed by atoms with Crippen LogP contribution in [0.3, 0.4) is 0 Å². The Morgan fingerprint density at radius 3 is 2.17 bits per heavy atom. The minimum Gasteiger partial charge on any atom is -0.476 e. The normalized spacial score (nSPS) is 11.4. The van der Waals surface area contributed by atoms with Crippen LogP contribution in [0.15, 0.2) is 95.8 Å². The van der Waals surface area contributed by atoms with Crippen LogP contribution < -0.4 is 10.1 Å². The number of rotatable bonds is 8. The predicted octanol–water partition coefficient (Wildman–Crippen LogP) is 6.91. The van der Waals surface area contributed by atoms with E-state index in [4.69, 9.17) is 14.0 Å². The first-order valence-corrected chi connectivity index (χ1v) is 12.3. The lowest BCUT2D eigenvalue weighted by Crippen LogP contribution is -2.16. The van der Waals surface area contributed by atoms with Crippen molar-refractivity contribution in [2.75, 3.05) is 5.32 Å². The Morgan fingerprint density at radius 2 is 1.50 bits per heavy atom. The molecule has 200 valence electrons. The zero-order valence-electron chi connectivity index (χ0n) is 21.6. The fourth-order valence-corrected chi connectivity index (χ4v) is 3.99. The lowest BCUT2D eigenvalue weighted by atomic mass is 10.0. The van der Waals surface area contributed by atoms with Crippen LogP contribution in [-0.2, 0) is 4.74 Å². The number of aryl methyl sites for hydroxylation is 1. The van der Waals surface area contributed by atoms with Gasteiger partial charge in [-0.25, -0.2) is 19.6 Å². The summed E-state index contributed by atoms with van der Waals surface area (Å²) in [6, 6.07) is 24.1. The van der Waals surface area contributed by atoms with Gasteiger partial charge in [-0.2, -0.15) is 0 Å². The summed E-state index contributed by atoms with van der Waals surface area (Å²) >= 11 is 0.